The fourth-order valence-corrected chi connectivity index (χ4v) is 2.32. The highest BCUT2D eigenvalue weighted by molar-refractivity contribution is 5.48. The zero-order valence-electron chi connectivity index (χ0n) is 11.5. The van der Waals surface area contributed by atoms with Crippen molar-refractivity contribution in [3.05, 3.63) is 24.0 Å². The van der Waals surface area contributed by atoms with Crippen LogP contribution in [0.15, 0.2) is 18.3 Å². The van der Waals surface area contributed by atoms with Crippen LogP contribution < -0.4 is 10.6 Å². The number of nitrogens with zero attached hydrogens (tertiary/aromatic N) is 2. The summed E-state index contributed by atoms with van der Waals surface area (Å²) in [5, 5.41) is 0. The summed E-state index contributed by atoms with van der Waals surface area (Å²) in [6, 6.07) is 4.19. The lowest BCUT2D eigenvalue weighted by molar-refractivity contribution is 0.0643. The SMILES string of the molecule is CC[C@@H](N)c1ccc(N2CCOCC2(C)C)cn1. The summed E-state index contributed by atoms with van der Waals surface area (Å²) in [5.41, 5.74) is 8.12. The van der Waals surface area contributed by atoms with Crippen molar-refractivity contribution >= 4 is 5.69 Å². The second-order valence-electron chi connectivity index (χ2n) is 5.47. The molecule has 100 valence electrons. The highest BCUT2D eigenvalue weighted by Gasteiger charge is 2.30. The van der Waals surface area contributed by atoms with Gasteiger partial charge in [-0.2, -0.15) is 0 Å². The van der Waals surface area contributed by atoms with Gasteiger partial charge in [0, 0.05) is 12.6 Å². The van der Waals surface area contributed by atoms with E-state index < -0.39 is 0 Å². The molecule has 0 radical (unpaired) electrons. The van der Waals surface area contributed by atoms with Gasteiger partial charge in [0.1, 0.15) is 0 Å². The Bertz CT molecular complexity index is 389. The Morgan fingerprint density at radius 3 is 2.83 bits per heavy atom. The van der Waals surface area contributed by atoms with Crippen LogP contribution in [0.2, 0.25) is 0 Å². The van der Waals surface area contributed by atoms with E-state index in [0.717, 1.165) is 37.6 Å². The lowest BCUT2D eigenvalue weighted by Crippen LogP contribution is -2.53. The molecule has 1 aromatic rings. The monoisotopic (exact) mass is 249 g/mol. The van der Waals surface area contributed by atoms with Crippen molar-refractivity contribution in [2.75, 3.05) is 24.7 Å². The number of anilines is 1. The van der Waals surface area contributed by atoms with Crippen LogP contribution >= 0.6 is 0 Å². The second kappa shape index (κ2) is 5.24. The third-order valence-corrected chi connectivity index (χ3v) is 3.55. The van der Waals surface area contributed by atoms with Crippen molar-refractivity contribution in [2.24, 2.45) is 5.73 Å². The first-order valence-corrected chi connectivity index (χ1v) is 6.61. The Morgan fingerprint density at radius 1 is 1.50 bits per heavy atom. The molecular formula is C14H23N3O. The first kappa shape index (κ1) is 13.3. The van der Waals surface area contributed by atoms with Crippen molar-refractivity contribution < 1.29 is 4.74 Å². The maximum atomic E-state index is 5.98. The van der Waals surface area contributed by atoms with Crippen molar-refractivity contribution in [1.29, 1.82) is 0 Å². The van der Waals surface area contributed by atoms with Crippen LogP contribution in [-0.4, -0.2) is 30.3 Å². The molecule has 2 rings (SSSR count). The van der Waals surface area contributed by atoms with E-state index in [-0.39, 0.29) is 11.6 Å². The molecule has 1 aliphatic heterocycles. The number of nitrogens with two attached hydrogens (primary N) is 1. The average Bonchev–Trinajstić information content (AvgIpc) is 2.37. The van der Waals surface area contributed by atoms with Gasteiger partial charge in [0.2, 0.25) is 0 Å². The van der Waals surface area contributed by atoms with E-state index >= 15 is 0 Å². The zero-order valence-corrected chi connectivity index (χ0v) is 11.5. The van der Waals surface area contributed by atoms with Crippen molar-refractivity contribution in [3.8, 4) is 0 Å². The van der Waals surface area contributed by atoms with Crippen molar-refractivity contribution in [1.82, 2.24) is 4.98 Å². The molecule has 1 saturated heterocycles. The van der Waals surface area contributed by atoms with Gasteiger partial charge in [0.25, 0.3) is 0 Å². The Balaban J connectivity index is 2.18. The molecule has 0 amide bonds. The highest BCUT2D eigenvalue weighted by Crippen LogP contribution is 2.27. The number of morpholine rings is 1. The first-order chi connectivity index (χ1) is 8.54. The molecule has 18 heavy (non-hydrogen) atoms. The van der Waals surface area contributed by atoms with E-state index in [1.54, 1.807) is 0 Å². The zero-order chi connectivity index (χ0) is 13.2. The predicted molar refractivity (Wildman–Crippen MR) is 73.7 cm³/mol. The molecule has 2 N–H and O–H groups in total. The highest BCUT2D eigenvalue weighted by atomic mass is 16.5. The summed E-state index contributed by atoms with van der Waals surface area (Å²) in [5.74, 6) is 0. The number of hydrogen-bond donors (Lipinski definition) is 1. The molecule has 0 saturated carbocycles. The van der Waals surface area contributed by atoms with Gasteiger partial charge in [0.15, 0.2) is 0 Å². The number of hydrogen-bond acceptors (Lipinski definition) is 4. The van der Waals surface area contributed by atoms with Gasteiger partial charge in [-0.1, -0.05) is 6.92 Å². The first-order valence-electron chi connectivity index (χ1n) is 6.61. The van der Waals surface area contributed by atoms with E-state index in [4.69, 9.17) is 10.5 Å². The Kier molecular flexibility index (Phi) is 3.88. The van der Waals surface area contributed by atoms with Gasteiger partial charge < -0.3 is 15.4 Å². The summed E-state index contributed by atoms with van der Waals surface area (Å²) < 4.78 is 5.53. The standard InChI is InChI=1S/C14H23N3O/c1-4-12(15)13-6-5-11(9-16-13)17-7-8-18-10-14(17,2)3/h5-6,9,12H,4,7-8,10,15H2,1-3H3/t12-/m1/s1. The van der Waals surface area contributed by atoms with Crippen LogP contribution in [0.3, 0.4) is 0 Å². The molecule has 1 aliphatic rings. The van der Waals surface area contributed by atoms with E-state index in [1.165, 1.54) is 0 Å². The third kappa shape index (κ3) is 2.65. The van der Waals surface area contributed by atoms with Crippen LogP contribution in [0.1, 0.15) is 38.9 Å². The summed E-state index contributed by atoms with van der Waals surface area (Å²) in [7, 11) is 0. The maximum absolute atomic E-state index is 5.98. The van der Waals surface area contributed by atoms with Gasteiger partial charge >= 0.3 is 0 Å². The Hall–Kier alpha value is -1.13. The molecule has 1 fully saturated rings. The smallest absolute Gasteiger partial charge is 0.0694 e. The van der Waals surface area contributed by atoms with Crippen molar-refractivity contribution in [2.45, 2.75) is 38.8 Å². The van der Waals surface area contributed by atoms with E-state index in [2.05, 4.69) is 36.7 Å². The Morgan fingerprint density at radius 2 is 2.28 bits per heavy atom. The predicted octanol–water partition coefficient (Wildman–Crippen LogP) is 2.11. The molecule has 1 atom stereocenters. The molecule has 0 bridgehead atoms. The molecular weight excluding hydrogens is 226 g/mol. The number of pyridine rings is 1. The van der Waals surface area contributed by atoms with Crippen LogP contribution in [0.5, 0.6) is 0 Å². The molecule has 2 heterocycles. The van der Waals surface area contributed by atoms with Crippen molar-refractivity contribution in [3.63, 3.8) is 0 Å². The summed E-state index contributed by atoms with van der Waals surface area (Å²) >= 11 is 0. The molecule has 0 spiro atoms. The fraction of sp³-hybridized carbons (Fsp3) is 0.643. The summed E-state index contributed by atoms with van der Waals surface area (Å²) in [6.45, 7) is 8.90. The van der Waals surface area contributed by atoms with Crippen LogP contribution in [0.25, 0.3) is 0 Å². The maximum Gasteiger partial charge on any atom is 0.0694 e. The molecule has 4 nitrogen and oxygen atoms in total. The lowest BCUT2D eigenvalue weighted by atomic mass is 10.0. The molecule has 4 heteroatoms. The van der Waals surface area contributed by atoms with Gasteiger partial charge in [0.05, 0.1) is 36.3 Å². The summed E-state index contributed by atoms with van der Waals surface area (Å²) in [6.07, 6.45) is 2.84. The van der Waals surface area contributed by atoms with Gasteiger partial charge in [-0.15, -0.1) is 0 Å². The third-order valence-electron chi connectivity index (χ3n) is 3.55. The molecule has 0 aliphatic carbocycles. The molecule has 0 unspecified atom stereocenters. The number of ether oxygens (including phenoxy) is 1. The lowest BCUT2D eigenvalue weighted by Gasteiger charge is -2.43. The molecule has 1 aromatic heterocycles. The van der Waals surface area contributed by atoms with Gasteiger partial charge in [-0.3, -0.25) is 4.98 Å². The topological polar surface area (TPSA) is 51.4 Å². The largest absolute Gasteiger partial charge is 0.377 e. The minimum atomic E-state index is 0.0221. The minimum absolute atomic E-state index is 0.0221. The van der Waals surface area contributed by atoms with Crippen LogP contribution in [0.4, 0.5) is 5.69 Å². The van der Waals surface area contributed by atoms with Crippen LogP contribution in [-0.2, 0) is 4.74 Å². The van der Waals surface area contributed by atoms with E-state index in [9.17, 15) is 0 Å². The Labute approximate surface area is 109 Å². The normalized spacial score (nSPS) is 20.8. The van der Waals surface area contributed by atoms with Crippen LogP contribution in [0, 0.1) is 0 Å². The van der Waals surface area contributed by atoms with E-state index in [1.807, 2.05) is 12.3 Å². The second-order valence-corrected chi connectivity index (χ2v) is 5.47. The quantitative estimate of drug-likeness (QED) is 0.891. The average molecular weight is 249 g/mol. The minimum Gasteiger partial charge on any atom is -0.377 e. The van der Waals surface area contributed by atoms with Gasteiger partial charge in [-0.25, -0.2) is 0 Å². The molecule has 0 aromatic carbocycles. The number of aromatic nitrogens is 1. The fourth-order valence-electron chi connectivity index (χ4n) is 2.32. The van der Waals surface area contributed by atoms with Gasteiger partial charge in [-0.05, 0) is 32.4 Å². The summed E-state index contributed by atoms with van der Waals surface area (Å²) in [4.78, 5) is 6.83. The number of rotatable bonds is 3. The van der Waals surface area contributed by atoms with E-state index in [0.29, 0.717) is 0 Å².